The van der Waals surface area contributed by atoms with Crippen LogP contribution in [0.2, 0.25) is 0 Å². The van der Waals surface area contributed by atoms with E-state index in [1.54, 1.807) is 0 Å². The summed E-state index contributed by atoms with van der Waals surface area (Å²) in [5, 5.41) is -0.758. The maximum absolute atomic E-state index is 12.6. The summed E-state index contributed by atoms with van der Waals surface area (Å²) in [7, 11) is 1.36. The number of anilines is 1. The van der Waals surface area contributed by atoms with Crippen LogP contribution < -0.4 is 4.90 Å². The summed E-state index contributed by atoms with van der Waals surface area (Å²) >= 11 is 5.13. The zero-order chi connectivity index (χ0) is 10.0. The predicted molar refractivity (Wildman–Crippen MR) is 46.0 cm³/mol. The second-order valence-corrected chi connectivity index (χ2v) is 2.73. The molecule has 0 aromatic heterocycles. The van der Waals surface area contributed by atoms with Crippen molar-refractivity contribution >= 4 is 22.7 Å². The Hall–Kier alpha value is -1.16. The maximum Gasteiger partial charge on any atom is 0.320 e. The smallest absolute Gasteiger partial charge is 0.302 e. The first kappa shape index (κ1) is 9.92. The van der Waals surface area contributed by atoms with Crippen LogP contribution in [0.3, 0.4) is 0 Å². The molecule has 1 rings (SSSR count). The fourth-order valence-corrected chi connectivity index (χ4v) is 0.893. The van der Waals surface area contributed by atoms with Gasteiger partial charge < -0.3 is 4.90 Å². The van der Waals surface area contributed by atoms with Crippen LogP contribution in [-0.4, -0.2) is 12.4 Å². The van der Waals surface area contributed by atoms with Gasteiger partial charge in [0, 0.05) is 18.8 Å². The average molecular weight is 206 g/mol. The molecule has 0 unspecified atom stereocenters. The fraction of sp³-hybridized carbons (Fsp3) is 0.125. The largest absolute Gasteiger partial charge is 0.320 e. The van der Waals surface area contributed by atoms with Gasteiger partial charge in [-0.1, -0.05) is 0 Å². The van der Waals surface area contributed by atoms with Gasteiger partial charge in [0.15, 0.2) is 11.6 Å². The van der Waals surface area contributed by atoms with Crippen LogP contribution in [0.25, 0.3) is 0 Å². The summed E-state index contributed by atoms with van der Waals surface area (Å²) in [5.74, 6) is -1.97. The van der Waals surface area contributed by atoms with E-state index in [0.29, 0.717) is 0 Å². The van der Waals surface area contributed by atoms with Crippen LogP contribution in [0, 0.1) is 11.6 Å². The second-order valence-electron chi connectivity index (χ2n) is 2.41. The van der Waals surface area contributed by atoms with E-state index in [9.17, 15) is 13.6 Å². The summed E-state index contributed by atoms with van der Waals surface area (Å²) in [6.45, 7) is 0. The minimum atomic E-state index is -1.01. The van der Waals surface area contributed by atoms with E-state index in [4.69, 9.17) is 11.6 Å². The molecule has 0 spiro atoms. The fourth-order valence-electron chi connectivity index (χ4n) is 0.795. The quantitative estimate of drug-likeness (QED) is 0.510. The van der Waals surface area contributed by atoms with Gasteiger partial charge in [-0.05, 0) is 23.7 Å². The number of carbonyl (C=O) groups is 1. The SMILES string of the molecule is CN(C(=O)Cl)c1ccc(F)c(F)c1. The first-order valence-corrected chi connectivity index (χ1v) is 3.78. The van der Waals surface area contributed by atoms with Gasteiger partial charge in [0.1, 0.15) is 0 Å². The van der Waals surface area contributed by atoms with Crippen LogP contribution >= 0.6 is 11.6 Å². The van der Waals surface area contributed by atoms with E-state index in [2.05, 4.69) is 0 Å². The van der Waals surface area contributed by atoms with Crippen LogP contribution in [0.1, 0.15) is 0 Å². The third-order valence-corrected chi connectivity index (χ3v) is 1.81. The van der Waals surface area contributed by atoms with Crippen molar-refractivity contribution in [3.8, 4) is 0 Å². The lowest BCUT2D eigenvalue weighted by molar-refractivity contribution is 0.265. The number of hydrogen-bond acceptors (Lipinski definition) is 1. The van der Waals surface area contributed by atoms with Crippen molar-refractivity contribution in [1.29, 1.82) is 0 Å². The number of carbonyl (C=O) groups excluding carboxylic acids is 1. The number of benzene rings is 1. The van der Waals surface area contributed by atoms with E-state index < -0.39 is 17.0 Å². The summed E-state index contributed by atoms with van der Waals surface area (Å²) in [6.07, 6.45) is 0. The molecule has 70 valence electrons. The Labute approximate surface area is 78.7 Å². The first-order chi connectivity index (χ1) is 6.02. The Morgan fingerprint density at radius 3 is 2.46 bits per heavy atom. The normalized spacial score (nSPS) is 9.85. The Morgan fingerprint density at radius 2 is 2.00 bits per heavy atom. The molecule has 0 saturated carbocycles. The molecule has 0 N–H and O–H groups in total. The van der Waals surface area contributed by atoms with Crippen molar-refractivity contribution in [3.05, 3.63) is 29.8 Å². The highest BCUT2D eigenvalue weighted by atomic mass is 35.5. The minimum absolute atomic E-state index is 0.207. The van der Waals surface area contributed by atoms with Crippen molar-refractivity contribution < 1.29 is 13.6 Å². The van der Waals surface area contributed by atoms with Crippen molar-refractivity contribution in [3.63, 3.8) is 0 Å². The molecule has 1 aromatic carbocycles. The standard InChI is InChI=1S/C8H6ClF2NO/c1-12(8(9)13)5-2-3-6(10)7(11)4-5/h2-4H,1H3. The Bertz CT molecular complexity index is 343. The molecule has 0 radical (unpaired) electrons. The number of nitrogens with zero attached hydrogens (tertiary/aromatic N) is 1. The van der Waals surface area contributed by atoms with Crippen LogP contribution in [0.4, 0.5) is 19.3 Å². The lowest BCUT2D eigenvalue weighted by Crippen LogP contribution is -2.19. The molecule has 0 bridgehead atoms. The molecule has 0 atom stereocenters. The van der Waals surface area contributed by atoms with Crippen LogP contribution in [0.5, 0.6) is 0 Å². The van der Waals surface area contributed by atoms with E-state index in [0.717, 1.165) is 17.0 Å². The summed E-state index contributed by atoms with van der Waals surface area (Å²) in [4.78, 5) is 11.6. The third-order valence-electron chi connectivity index (χ3n) is 1.55. The van der Waals surface area contributed by atoms with Crippen molar-refractivity contribution in [2.75, 3.05) is 11.9 Å². The second kappa shape index (κ2) is 3.70. The van der Waals surface area contributed by atoms with Gasteiger partial charge >= 0.3 is 5.37 Å². The van der Waals surface area contributed by atoms with Crippen LogP contribution in [-0.2, 0) is 0 Å². The molecular formula is C8H6ClF2NO. The van der Waals surface area contributed by atoms with Crippen molar-refractivity contribution in [2.45, 2.75) is 0 Å². The molecule has 0 fully saturated rings. The summed E-state index contributed by atoms with van der Waals surface area (Å²) in [6, 6.07) is 3.09. The Kier molecular flexibility index (Phi) is 2.83. The van der Waals surface area contributed by atoms with Gasteiger partial charge in [0.05, 0.1) is 0 Å². The molecular weight excluding hydrogens is 200 g/mol. The lowest BCUT2D eigenvalue weighted by atomic mass is 10.3. The van der Waals surface area contributed by atoms with Gasteiger partial charge in [-0.3, -0.25) is 4.79 Å². The third kappa shape index (κ3) is 2.15. The number of halogens is 3. The summed E-state index contributed by atoms with van der Waals surface area (Å²) < 4.78 is 25.1. The van der Waals surface area contributed by atoms with Crippen molar-refractivity contribution in [2.24, 2.45) is 0 Å². The number of hydrogen-bond donors (Lipinski definition) is 0. The predicted octanol–water partition coefficient (Wildman–Crippen LogP) is 2.76. The zero-order valence-corrected chi connectivity index (χ0v) is 7.48. The van der Waals surface area contributed by atoms with Gasteiger partial charge in [-0.25, -0.2) is 8.78 Å². The average Bonchev–Trinajstić information content (AvgIpc) is 2.08. The Balaban J connectivity index is 3.03. The first-order valence-electron chi connectivity index (χ1n) is 3.40. The molecule has 0 aliphatic rings. The van der Waals surface area contributed by atoms with Crippen LogP contribution in [0.15, 0.2) is 18.2 Å². The zero-order valence-electron chi connectivity index (χ0n) is 6.72. The van der Waals surface area contributed by atoms with E-state index >= 15 is 0 Å². The minimum Gasteiger partial charge on any atom is -0.302 e. The van der Waals surface area contributed by atoms with Gasteiger partial charge in [0.25, 0.3) is 0 Å². The lowest BCUT2D eigenvalue weighted by Gasteiger charge is -2.12. The highest BCUT2D eigenvalue weighted by Crippen LogP contribution is 2.17. The highest BCUT2D eigenvalue weighted by molar-refractivity contribution is 6.66. The van der Waals surface area contributed by atoms with E-state index in [1.165, 1.54) is 13.1 Å². The molecule has 0 saturated heterocycles. The monoisotopic (exact) mass is 205 g/mol. The molecule has 2 nitrogen and oxygen atoms in total. The van der Waals surface area contributed by atoms with E-state index in [-0.39, 0.29) is 5.69 Å². The Morgan fingerprint density at radius 1 is 1.38 bits per heavy atom. The highest BCUT2D eigenvalue weighted by Gasteiger charge is 2.10. The maximum atomic E-state index is 12.6. The number of amides is 1. The molecule has 0 aliphatic carbocycles. The molecule has 1 aromatic rings. The molecule has 13 heavy (non-hydrogen) atoms. The topological polar surface area (TPSA) is 20.3 Å². The van der Waals surface area contributed by atoms with Gasteiger partial charge in [-0.15, -0.1) is 0 Å². The molecule has 5 heteroatoms. The molecule has 0 heterocycles. The van der Waals surface area contributed by atoms with Crippen molar-refractivity contribution in [1.82, 2.24) is 0 Å². The van der Waals surface area contributed by atoms with Gasteiger partial charge in [0.2, 0.25) is 0 Å². The van der Waals surface area contributed by atoms with Gasteiger partial charge in [-0.2, -0.15) is 0 Å². The summed E-state index contributed by atoms with van der Waals surface area (Å²) in [5.41, 5.74) is 0.207. The number of rotatable bonds is 1. The molecule has 1 amide bonds. The molecule has 0 aliphatic heterocycles. The van der Waals surface area contributed by atoms with E-state index in [1.807, 2.05) is 0 Å².